The number of carbonyl (C=O) groups is 1. The lowest BCUT2D eigenvalue weighted by Gasteiger charge is -2.18. The van der Waals surface area contributed by atoms with E-state index in [1.807, 2.05) is 42.5 Å². The number of rotatable bonds is 5. The number of benzene rings is 2. The van der Waals surface area contributed by atoms with Gasteiger partial charge in [0.15, 0.2) is 0 Å². The Balaban J connectivity index is 1.95. The summed E-state index contributed by atoms with van der Waals surface area (Å²) in [6.45, 7) is 6.66. The highest BCUT2D eigenvalue weighted by Gasteiger charge is 2.12. The number of hydrogen-bond acceptors (Lipinski definition) is 2. The first-order valence-electron chi connectivity index (χ1n) is 8.18. The fraction of sp³-hybridized carbons (Fsp3) is 0.286. The molecule has 0 fully saturated rings. The Kier molecular flexibility index (Phi) is 5.93. The van der Waals surface area contributed by atoms with Crippen LogP contribution in [0.3, 0.4) is 0 Å². The summed E-state index contributed by atoms with van der Waals surface area (Å²) >= 11 is 0. The van der Waals surface area contributed by atoms with Gasteiger partial charge in [-0.25, -0.2) is 0 Å². The van der Waals surface area contributed by atoms with Crippen molar-refractivity contribution < 1.29 is 9.90 Å². The lowest BCUT2D eigenvalue weighted by molar-refractivity contribution is -0.111. The molecule has 1 amide bonds. The highest BCUT2D eigenvalue weighted by atomic mass is 16.2. The van der Waals surface area contributed by atoms with E-state index in [2.05, 4.69) is 38.2 Å². The van der Waals surface area contributed by atoms with Crippen LogP contribution in [-0.2, 0) is 16.6 Å². The Bertz CT molecular complexity index is 692. The van der Waals surface area contributed by atoms with Gasteiger partial charge in [0.05, 0.1) is 0 Å². The third-order valence-electron chi connectivity index (χ3n) is 3.83. The minimum atomic E-state index is -0.162. The van der Waals surface area contributed by atoms with Gasteiger partial charge >= 0.3 is 0 Å². The summed E-state index contributed by atoms with van der Waals surface area (Å²) in [5.74, 6) is -0.162. The van der Waals surface area contributed by atoms with E-state index < -0.39 is 0 Å². The van der Waals surface area contributed by atoms with Crippen LogP contribution in [0.1, 0.15) is 37.5 Å². The molecule has 24 heavy (non-hydrogen) atoms. The van der Waals surface area contributed by atoms with Crippen LogP contribution >= 0.6 is 0 Å². The molecule has 0 aliphatic rings. The topological polar surface area (TPSA) is 49.3 Å². The van der Waals surface area contributed by atoms with Gasteiger partial charge < -0.3 is 10.4 Å². The van der Waals surface area contributed by atoms with Crippen LogP contribution in [0.5, 0.6) is 0 Å². The second-order valence-electron chi connectivity index (χ2n) is 6.87. The number of aliphatic hydroxyl groups is 1. The molecule has 0 unspecified atom stereocenters. The van der Waals surface area contributed by atoms with E-state index in [0.717, 1.165) is 16.8 Å². The molecular formula is C21H25NO2. The third-order valence-corrected chi connectivity index (χ3v) is 3.83. The molecule has 2 aromatic carbocycles. The molecule has 2 N–H and O–H groups in total. The van der Waals surface area contributed by atoms with Crippen molar-refractivity contribution in [2.24, 2.45) is 0 Å². The standard InChI is InChI=1S/C21H25NO2/c1-21(2,3)18-9-4-16(5-10-18)8-13-20(24)22-19-11-6-17(7-12-19)14-15-23/h4-13,23H,14-15H2,1-3H3,(H,22,24). The number of amides is 1. The second-order valence-corrected chi connectivity index (χ2v) is 6.87. The zero-order chi connectivity index (χ0) is 17.6. The lowest BCUT2D eigenvalue weighted by atomic mass is 9.87. The Morgan fingerprint density at radius 3 is 2.21 bits per heavy atom. The average molecular weight is 323 g/mol. The third kappa shape index (κ3) is 5.36. The second kappa shape index (κ2) is 7.93. The minimum Gasteiger partial charge on any atom is -0.396 e. The molecule has 0 heterocycles. The van der Waals surface area contributed by atoms with Crippen molar-refractivity contribution in [1.82, 2.24) is 0 Å². The van der Waals surface area contributed by atoms with Crippen molar-refractivity contribution in [2.75, 3.05) is 11.9 Å². The van der Waals surface area contributed by atoms with E-state index >= 15 is 0 Å². The summed E-state index contributed by atoms with van der Waals surface area (Å²) in [5, 5.41) is 11.7. The van der Waals surface area contributed by atoms with Gasteiger partial charge in [-0.1, -0.05) is 57.2 Å². The number of nitrogens with one attached hydrogen (secondary N) is 1. The Morgan fingerprint density at radius 1 is 1.04 bits per heavy atom. The molecular weight excluding hydrogens is 298 g/mol. The average Bonchev–Trinajstić information content (AvgIpc) is 2.55. The summed E-state index contributed by atoms with van der Waals surface area (Å²) in [7, 11) is 0. The van der Waals surface area contributed by atoms with Crippen LogP contribution in [0.25, 0.3) is 6.08 Å². The summed E-state index contributed by atoms with van der Waals surface area (Å²) < 4.78 is 0. The van der Waals surface area contributed by atoms with Gasteiger partial charge in [-0.3, -0.25) is 4.79 Å². The van der Waals surface area contributed by atoms with Crippen molar-refractivity contribution >= 4 is 17.7 Å². The van der Waals surface area contributed by atoms with Crippen LogP contribution < -0.4 is 5.32 Å². The molecule has 2 aromatic rings. The monoisotopic (exact) mass is 323 g/mol. The van der Waals surface area contributed by atoms with E-state index in [1.54, 1.807) is 0 Å². The maximum Gasteiger partial charge on any atom is 0.248 e. The smallest absolute Gasteiger partial charge is 0.248 e. The lowest BCUT2D eigenvalue weighted by Crippen LogP contribution is -2.10. The first kappa shape index (κ1) is 18.0. The van der Waals surface area contributed by atoms with Gasteiger partial charge in [0.2, 0.25) is 5.91 Å². The van der Waals surface area contributed by atoms with Gasteiger partial charge in [-0.2, -0.15) is 0 Å². The molecule has 3 nitrogen and oxygen atoms in total. The van der Waals surface area contributed by atoms with Crippen molar-refractivity contribution in [3.63, 3.8) is 0 Å². The maximum atomic E-state index is 12.0. The van der Waals surface area contributed by atoms with Crippen LogP contribution in [-0.4, -0.2) is 17.6 Å². The van der Waals surface area contributed by atoms with Crippen LogP contribution in [0.4, 0.5) is 5.69 Å². The van der Waals surface area contributed by atoms with Crippen molar-refractivity contribution in [3.05, 3.63) is 71.3 Å². The molecule has 3 heteroatoms. The normalized spacial score (nSPS) is 11.7. The summed E-state index contributed by atoms with van der Waals surface area (Å²) in [5.41, 5.74) is 4.19. The van der Waals surface area contributed by atoms with Crippen LogP contribution in [0, 0.1) is 0 Å². The quantitative estimate of drug-likeness (QED) is 0.811. The Hall–Kier alpha value is -2.39. The Morgan fingerprint density at radius 2 is 1.67 bits per heavy atom. The summed E-state index contributed by atoms with van der Waals surface area (Å²) in [4.78, 5) is 12.0. The van der Waals surface area contributed by atoms with E-state index in [0.29, 0.717) is 6.42 Å². The van der Waals surface area contributed by atoms with Crippen molar-refractivity contribution in [1.29, 1.82) is 0 Å². The van der Waals surface area contributed by atoms with Gasteiger partial charge in [0, 0.05) is 18.4 Å². The fourth-order valence-corrected chi connectivity index (χ4v) is 2.33. The number of aliphatic hydroxyl groups excluding tert-OH is 1. The first-order valence-corrected chi connectivity index (χ1v) is 8.18. The Labute approximate surface area is 144 Å². The highest BCUT2D eigenvalue weighted by molar-refractivity contribution is 6.01. The van der Waals surface area contributed by atoms with E-state index in [-0.39, 0.29) is 17.9 Å². The molecule has 0 aliphatic heterocycles. The predicted octanol–water partition coefficient (Wildman–Crippen LogP) is 4.17. The van der Waals surface area contributed by atoms with E-state index in [1.165, 1.54) is 11.6 Å². The van der Waals surface area contributed by atoms with Gasteiger partial charge in [-0.05, 0) is 46.7 Å². The fourth-order valence-electron chi connectivity index (χ4n) is 2.33. The van der Waals surface area contributed by atoms with Gasteiger partial charge in [-0.15, -0.1) is 0 Å². The molecule has 2 rings (SSSR count). The largest absolute Gasteiger partial charge is 0.396 e. The van der Waals surface area contributed by atoms with Crippen LogP contribution in [0.2, 0.25) is 0 Å². The molecule has 0 radical (unpaired) electrons. The zero-order valence-corrected chi connectivity index (χ0v) is 14.5. The van der Waals surface area contributed by atoms with Crippen molar-refractivity contribution in [2.45, 2.75) is 32.6 Å². The van der Waals surface area contributed by atoms with Crippen molar-refractivity contribution in [3.8, 4) is 0 Å². The predicted molar refractivity (Wildman–Crippen MR) is 100 cm³/mol. The van der Waals surface area contributed by atoms with Gasteiger partial charge in [0.25, 0.3) is 0 Å². The molecule has 0 aromatic heterocycles. The van der Waals surface area contributed by atoms with E-state index in [9.17, 15) is 4.79 Å². The number of anilines is 1. The number of hydrogen-bond donors (Lipinski definition) is 2. The van der Waals surface area contributed by atoms with Gasteiger partial charge in [0.1, 0.15) is 0 Å². The minimum absolute atomic E-state index is 0.127. The SMILES string of the molecule is CC(C)(C)c1ccc(C=CC(=O)Nc2ccc(CCO)cc2)cc1. The molecule has 0 saturated carbocycles. The molecule has 126 valence electrons. The molecule has 0 aliphatic carbocycles. The maximum absolute atomic E-state index is 12.0. The zero-order valence-electron chi connectivity index (χ0n) is 14.5. The summed E-state index contributed by atoms with van der Waals surface area (Å²) in [6.07, 6.45) is 3.97. The number of carbonyl (C=O) groups excluding carboxylic acids is 1. The highest BCUT2D eigenvalue weighted by Crippen LogP contribution is 2.22. The van der Waals surface area contributed by atoms with Crippen LogP contribution in [0.15, 0.2) is 54.6 Å². The molecule has 0 saturated heterocycles. The molecule has 0 atom stereocenters. The summed E-state index contributed by atoms with van der Waals surface area (Å²) in [6, 6.07) is 15.7. The first-order chi connectivity index (χ1) is 11.4. The van der Waals surface area contributed by atoms with E-state index in [4.69, 9.17) is 5.11 Å². The molecule has 0 spiro atoms. The molecule has 0 bridgehead atoms.